The SMILES string of the molecule is C=CC(=O)N1CCCCCC1c1cccnc1. The van der Waals surface area contributed by atoms with Crippen LogP contribution in [-0.4, -0.2) is 22.3 Å². The van der Waals surface area contributed by atoms with Crippen LogP contribution < -0.4 is 0 Å². The molecule has 1 aliphatic heterocycles. The van der Waals surface area contributed by atoms with Crippen LogP contribution in [0, 0.1) is 0 Å². The molecule has 3 heteroatoms. The minimum atomic E-state index is 0.0285. The predicted octanol–water partition coefficient (Wildman–Crippen LogP) is 2.71. The Morgan fingerprint density at radius 2 is 2.35 bits per heavy atom. The second-order valence-corrected chi connectivity index (χ2v) is 4.39. The van der Waals surface area contributed by atoms with Crippen molar-refractivity contribution in [2.75, 3.05) is 6.54 Å². The van der Waals surface area contributed by atoms with E-state index in [0.29, 0.717) is 0 Å². The standard InChI is InChI=1S/C14H18N2O/c1-2-14(17)16-10-5-3-4-8-13(16)12-7-6-9-15-11-12/h2,6-7,9,11,13H,1,3-5,8,10H2. The molecule has 0 N–H and O–H groups in total. The maximum Gasteiger partial charge on any atom is 0.246 e. The van der Waals surface area contributed by atoms with E-state index in [1.807, 2.05) is 23.2 Å². The first-order valence-electron chi connectivity index (χ1n) is 6.16. The Morgan fingerprint density at radius 1 is 1.47 bits per heavy atom. The highest BCUT2D eigenvalue weighted by molar-refractivity contribution is 5.87. The number of aromatic nitrogens is 1. The molecular formula is C14H18N2O. The highest BCUT2D eigenvalue weighted by atomic mass is 16.2. The Labute approximate surface area is 102 Å². The molecule has 1 fully saturated rings. The predicted molar refractivity (Wildman–Crippen MR) is 67.4 cm³/mol. The van der Waals surface area contributed by atoms with Gasteiger partial charge in [-0.1, -0.05) is 25.5 Å². The number of carbonyl (C=O) groups is 1. The van der Waals surface area contributed by atoms with Gasteiger partial charge in [-0.15, -0.1) is 0 Å². The summed E-state index contributed by atoms with van der Waals surface area (Å²) in [5, 5.41) is 0. The Bertz CT molecular complexity index is 388. The molecule has 3 nitrogen and oxygen atoms in total. The van der Waals surface area contributed by atoms with E-state index < -0.39 is 0 Å². The number of amides is 1. The number of pyridine rings is 1. The molecule has 1 saturated heterocycles. The first-order valence-corrected chi connectivity index (χ1v) is 6.16. The Morgan fingerprint density at radius 3 is 3.06 bits per heavy atom. The summed E-state index contributed by atoms with van der Waals surface area (Å²) in [5.74, 6) is 0.0285. The monoisotopic (exact) mass is 230 g/mol. The lowest BCUT2D eigenvalue weighted by Crippen LogP contribution is -2.33. The molecule has 0 aliphatic carbocycles. The zero-order valence-corrected chi connectivity index (χ0v) is 10.0. The fourth-order valence-corrected chi connectivity index (χ4v) is 2.41. The van der Waals surface area contributed by atoms with E-state index in [1.165, 1.54) is 18.9 Å². The van der Waals surface area contributed by atoms with Gasteiger partial charge in [-0.3, -0.25) is 9.78 Å². The van der Waals surface area contributed by atoms with E-state index >= 15 is 0 Å². The van der Waals surface area contributed by atoms with Crippen molar-refractivity contribution >= 4 is 5.91 Å². The molecule has 1 amide bonds. The van der Waals surface area contributed by atoms with E-state index in [9.17, 15) is 4.79 Å². The van der Waals surface area contributed by atoms with Gasteiger partial charge in [0.05, 0.1) is 6.04 Å². The third kappa shape index (κ3) is 2.73. The third-order valence-corrected chi connectivity index (χ3v) is 3.28. The molecule has 0 saturated carbocycles. The van der Waals surface area contributed by atoms with Crippen molar-refractivity contribution in [2.45, 2.75) is 31.7 Å². The molecule has 0 spiro atoms. The molecule has 0 aromatic carbocycles. The molecule has 90 valence electrons. The molecule has 1 aromatic heterocycles. The number of carbonyl (C=O) groups excluding carboxylic acids is 1. The topological polar surface area (TPSA) is 33.2 Å². The van der Waals surface area contributed by atoms with Gasteiger partial charge in [-0.2, -0.15) is 0 Å². The fraction of sp³-hybridized carbons (Fsp3) is 0.429. The quantitative estimate of drug-likeness (QED) is 0.732. The van der Waals surface area contributed by atoms with Crippen molar-refractivity contribution in [3.63, 3.8) is 0 Å². The van der Waals surface area contributed by atoms with Crippen LogP contribution in [0.2, 0.25) is 0 Å². The largest absolute Gasteiger partial charge is 0.332 e. The van der Waals surface area contributed by atoms with Crippen molar-refractivity contribution in [3.8, 4) is 0 Å². The minimum Gasteiger partial charge on any atom is -0.332 e. The van der Waals surface area contributed by atoms with Gasteiger partial charge in [0.15, 0.2) is 0 Å². The van der Waals surface area contributed by atoms with Crippen LogP contribution in [0.5, 0.6) is 0 Å². The normalized spacial score (nSPS) is 20.7. The molecule has 0 radical (unpaired) electrons. The van der Waals surface area contributed by atoms with E-state index in [1.54, 1.807) is 6.20 Å². The lowest BCUT2D eigenvalue weighted by molar-refractivity contribution is -0.128. The summed E-state index contributed by atoms with van der Waals surface area (Å²) in [4.78, 5) is 18.0. The molecule has 1 aromatic rings. The number of hydrogen-bond acceptors (Lipinski definition) is 2. The molecule has 1 aliphatic rings. The van der Waals surface area contributed by atoms with E-state index in [2.05, 4.69) is 11.6 Å². The zero-order chi connectivity index (χ0) is 12.1. The smallest absolute Gasteiger partial charge is 0.246 e. The lowest BCUT2D eigenvalue weighted by Gasteiger charge is -2.29. The number of likely N-dealkylation sites (tertiary alicyclic amines) is 1. The van der Waals surface area contributed by atoms with Crippen LogP contribution >= 0.6 is 0 Å². The molecule has 1 unspecified atom stereocenters. The summed E-state index contributed by atoms with van der Waals surface area (Å²) in [5.41, 5.74) is 1.13. The van der Waals surface area contributed by atoms with E-state index in [-0.39, 0.29) is 11.9 Å². The van der Waals surface area contributed by atoms with Crippen LogP contribution in [-0.2, 0) is 4.79 Å². The van der Waals surface area contributed by atoms with Crippen molar-refractivity contribution < 1.29 is 4.79 Å². The van der Waals surface area contributed by atoms with Crippen LogP contribution in [0.3, 0.4) is 0 Å². The van der Waals surface area contributed by atoms with E-state index in [0.717, 1.165) is 24.9 Å². The van der Waals surface area contributed by atoms with Gasteiger partial charge in [0.2, 0.25) is 5.91 Å². The van der Waals surface area contributed by atoms with Crippen molar-refractivity contribution in [1.82, 2.24) is 9.88 Å². The third-order valence-electron chi connectivity index (χ3n) is 3.28. The summed E-state index contributed by atoms with van der Waals surface area (Å²) < 4.78 is 0. The van der Waals surface area contributed by atoms with Crippen molar-refractivity contribution in [1.29, 1.82) is 0 Å². The number of hydrogen-bond donors (Lipinski definition) is 0. The zero-order valence-electron chi connectivity index (χ0n) is 10.0. The summed E-state index contributed by atoms with van der Waals surface area (Å²) in [6, 6.07) is 4.14. The summed E-state index contributed by atoms with van der Waals surface area (Å²) in [6.07, 6.45) is 9.49. The number of rotatable bonds is 2. The van der Waals surface area contributed by atoms with Gasteiger partial charge in [0.1, 0.15) is 0 Å². The first kappa shape index (κ1) is 11.8. The average Bonchev–Trinajstić information content (AvgIpc) is 2.64. The van der Waals surface area contributed by atoms with Gasteiger partial charge in [0, 0.05) is 18.9 Å². The first-order chi connectivity index (χ1) is 8.33. The Hall–Kier alpha value is -1.64. The summed E-state index contributed by atoms with van der Waals surface area (Å²) >= 11 is 0. The highest BCUT2D eigenvalue weighted by Gasteiger charge is 2.25. The van der Waals surface area contributed by atoms with Crippen LogP contribution in [0.4, 0.5) is 0 Å². The molecule has 1 atom stereocenters. The van der Waals surface area contributed by atoms with Gasteiger partial charge in [-0.25, -0.2) is 0 Å². The maximum atomic E-state index is 11.9. The lowest BCUT2D eigenvalue weighted by atomic mass is 10.0. The summed E-state index contributed by atoms with van der Waals surface area (Å²) in [7, 11) is 0. The maximum absolute atomic E-state index is 11.9. The second kappa shape index (κ2) is 5.62. The van der Waals surface area contributed by atoms with Crippen LogP contribution in [0.15, 0.2) is 37.2 Å². The van der Waals surface area contributed by atoms with Crippen LogP contribution in [0.25, 0.3) is 0 Å². The van der Waals surface area contributed by atoms with Gasteiger partial charge < -0.3 is 4.90 Å². The van der Waals surface area contributed by atoms with E-state index in [4.69, 9.17) is 0 Å². The molecule has 0 bridgehead atoms. The molecule has 17 heavy (non-hydrogen) atoms. The van der Waals surface area contributed by atoms with Crippen molar-refractivity contribution in [2.24, 2.45) is 0 Å². The minimum absolute atomic E-state index is 0.0285. The van der Waals surface area contributed by atoms with Crippen LogP contribution in [0.1, 0.15) is 37.3 Å². The Kier molecular flexibility index (Phi) is 3.91. The summed E-state index contributed by atoms with van der Waals surface area (Å²) in [6.45, 7) is 4.41. The molecular weight excluding hydrogens is 212 g/mol. The highest BCUT2D eigenvalue weighted by Crippen LogP contribution is 2.29. The fourth-order valence-electron chi connectivity index (χ4n) is 2.41. The molecule has 2 heterocycles. The van der Waals surface area contributed by atoms with Gasteiger partial charge >= 0.3 is 0 Å². The van der Waals surface area contributed by atoms with Gasteiger partial charge in [-0.05, 0) is 30.5 Å². The molecule has 2 rings (SSSR count). The number of nitrogens with zero attached hydrogens (tertiary/aromatic N) is 2. The average molecular weight is 230 g/mol. The van der Waals surface area contributed by atoms with Gasteiger partial charge in [0.25, 0.3) is 0 Å². The Balaban J connectivity index is 2.26. The van der Waals surface area contributed by atoms with Crippen molar-refractivity contribution in [3.05, 3.63) is 42.7 Å². The second-order valence-electron chi connectivity index (χ2n) is 4.39.